The molecule has 0 saturated carbocycles. The lowest BCUT2D eigenvalue weighted by molar-refractivity contribution is 0.548. The number of aromatic nitrogens is 1. The summed E-state index contributed by atoms with van der Waals surface area (Å²) in [5, 5.41) is 0.359. The van der Waals surface area contributed by atoms with Crippen molar-refractivity contribution in [3.63, 3.8) is 0 Å². The van der Waals surface area contributed by atoms with Crippen LogP contribution in [0.25, 0.3) is 0 Å². The van der Waals surface area contributed by atoms with Gasteiger partial charge in [0.25, 0.3) is 0 Å². The first-order valence-electron chi connectivity index (χ1n) is 6.39. The Morgan fingerprint density at radius 2 is 2.38 bits per heavy atom. The smallest absolute Gasteiger partial charge is 0.0466 e. The van der Waals surface area contributed by atoms with Gasteiger partial charge in [0.05, 0.1) is 0 Å². The highest BCUT2D eigenvalue weighted by Gasteiger charge is 2.23. The van der Waals surface area contributed by atoms with E-state index in [9.17, 15) is 0 Å². The summed E-state index contributed by atoms with van der Waals surface area (Å²) in [6.45, 7) is 2.20. The highest BCUT2D eigenvalue weighted by atomic mass is 35.5. The molecule has 1 aliphatic rings. The molecule has 1 nitrogen and oxygen atoms in total. The van der Waals surface area contributed by atoms with E-state index in [1.165, 1.54) is 36.9 Å². The highest BCUT2D eigenvalue weighted by molar-refractivity contribution is 6.20. The molecular formula is C14H20ClN. The van der Waals surface area contributed by atoms with E-state index in [1.54, 1.807) is 0 Å². The van der Waals surface area contributed by atoms with E-state index in [4.69, 9.17) is 11.6 Å². The van der Waals surface area contributed by atoms with E-state index in [1.807, 2.05) is 12.3 Å². The molecule has 1 aromatic rings. The molecule has 2 unspecified atom stereocenters. The molecule has 1 heterocycles. The maximum atomic E-state index is 6.27. The normalized spacial score (nSPS) is 20.8. The summed E-state index contributed by atoms with van der Waals surface area (Å²) in [5.74, 6) is 0.661. The molecule has 1 aliphatic carbocycles. The van der Waals surface area contributed by atoms with Crippen LogP contribution in [0, 0.1) is 0 Å². The first-order valence-corrected chi connectivity index (χ1v) is 6.82. The zero-order chi connectivity index (χ0) is 11.4. The summed E-state index contributed by atoms with van der Waals surface area (Å²) in [5.41, 5.74) is 2.79. The van der Waals surface area contributed by atoms with Gasteiger partial charge in [-0.05, 0) is 43.7 Å². The van der Waals surface area contributed by atoms with Crippen molar-refractivity contribution in [3.05, 3.63) is 29.6 Å². The van der Waals surface area contributed by atoms with Gasteiger partial charge in [-0.3, -0.25) is 4.98 Å². The van der Waals surface area contributed by atoms with Crippen LogP contribution < -0.4 is 0 Å². The second-order valence-electron chi connectivity index (χ2n) is 4.75. The minimum atomic E-state index is 0.359. The predicted octanol–water partition coefficient (Wildman–Crippen LogP) is 4.30. The average Bonchev–Trinajstić information content (AvgIpc) is 2.70. The zero-order valence-corrected chi connectivity index (χ0v) is 10.7. The Bertz CT molecular complexity index is 337. The van der Waals surface area contributed by atoms with Crippen LogP contribution in [-0.4, -0.2) is 10.4 Å². The molecule has 2 atom stereocenters. The number of pyridine rings is 1. The Hall–Kier alpha value is -0.560. The van der Waals surface area contributed by atoms with Crippen molar-refractivity contribution in [2.45, 2.75) is 56.7 Å². The molecule has 0 aliphatic heterocycles. The van der Waals surface area contributed by atoms with Crippen molar-refractivity contribution in [2.24, 2.45) is 0 Å². The van der Waals surface area contributed by atoms with Crippen molar-refractivity contribution in [2.75, 3.05) is 0 Å². The van der Waals surface area contributed by atoms with Crippen LogP contribution in [0.2, 0.25) is 0 Å². The molecule has 0 radical (unpaired) electrons. The largest absolute Gasteiger partial charge is 0.261 e. The molecule has 16 heavy (non-hydrogen) atoms. The third-order valence-corrected chi connectivity index (χ3v) is 3.94. The van der Waals surface area contributed by atoms with Crippen LogP contribution in [-0.2, 0) is 6.42 Å². The van der Waals surface area contributed by atoms with Gasteiger partial charge in [0.15, 0.2) is 0 Å². The van der Waals surface area contributed by atoms with E-state index in [0.29, 0.717) is 11.3 Å². The lowest BCUT2D eigenvalue weighted by atomic mass is 9.98. The van der Waals surface area contributed by atoms with Crippen LogP contribution in [0.3, 0.4) is 0 Å². The van der Waals surface area contributed by atoms with Crippen molar-refractivity contribution < 1.29 is 0 Å². The third kappa shape index (κ3) is 2.76. The number of nitrogens with zero attached hydrogens (tertiary/aromatic N) is 1. The predicted molar refractivity (Wildman–Crippen MR) is 69.1 cm³/mol. The van der Waals surface area contributed by atoms with Gasteiger partial charge in [0.1, 0.15) is 0 Å². The fraction of sp³-hybridized carbons (Fsp3) is 0.643. The maximum Gasteiger partial charge on any atom is 0.0466 e. The van der Waals surface area contributed by atoms with Gasteiger partial charge in [-0.2, -0.15) is 0 Å². The lowest BCUT2D eigenvalue weighted by Crippen LogP contribution is -2.03. The van der Waals surface area contributed by atoms with Crippen LogP contribution in [0.4, 0.5) is 0 Å². The quantitative estimate of drug-likeness (QED) is 0.696. The van der Waals surface area contributed by atoms with Gasteiger partial charge < -0.3 is 0 Å². The van der Waals surface area contributed by atoms with Gasteiger partial charge in [-0.15, -0.1) is 11.6 Å². The standard InChI is InChI=1S/C14H20ClN/c1-2-4-13(15)9-8-12-7-6-11-5-3-10-16-14(11)12/h3,5,10,12-13H,2,4,6-9H2,1H3. The van der Waals surface area contributed by atoms with Crippen LogP contribution in [0.15, 0.2) is 18.3 Å². The van der Waals surface area contributed by atoms with E-state index in [-0.39, 0.29) is 0 Å². The Morgan fingerprint density at radius 1 is 1.50 bits per heavy atom. The summed E-state index contributed by atoms with van der Waals surface area (Å²) < 4.78 is 0. The Kier molecular flexibility index (Phi) is 4.22. The van der Waals surface area contributed by atoms with E-state index in [0.717, 1.165) is 12.8 Å². The fourth-order valence-electron chi connectivity index (χ4n) is 2.62. The van der Waals surface area contributed by atoms with Crippen molar-refractivity contribution in [1.29, 1.82) is 0 Å². The topological polar surface area (TPSA) is 12.9 Å². The van der Waals surface area contributed by atoms with Crippen LogP contribution in [0.1, 0.15) is 56.2 Å². The number of hydrogen-bond acceptors (Lipinski definition) is 1. The highest BCUT2D eigenvalue weighted by Crippen LogP contribution is 2.35. The molecule has 0 spiro atoms. The van der Waals surface area contributed by atoms with Crippen molar-refractivity contribution in [1.82, 2.24) is 4.98 Å². The molecule has 88 valence electrons. The number of hydrogen-bond donors (Lipinski definition) is 0. The first kappa shape index (κ1) is 11.9. The van der Waals surface area contributed by atoms with E-state index >= 15 is 0 Å². The van der Waals surface area contributed by atoms with Gasteiger partial charge in [0.2, 0.25) is 0 Å². The Labute approximate surface area is 103 Å². The molecule has 0 amide bonds. The summed E-state index contributed by atoms with van der Waals surface area (Å²) in [6, 6.07) is 4.26. The van der Waals surface area contributed by atoms with Gasteiger partial charge in [-0.25, -0.2) is 0 Å². The summed E-state index contributed by atoms with van der Waals surface area (Å²) >= 11 is 6.27. The second-order valence-corrected chi connectivity index (χ2v) is 5.36. The zero-order valence-electron chi connectivity index (χ0n) is 9.95. The minimum Gasteiger partial charge on any atom is -0.261 e. The number of aryl methyl sites for hydroxylation is 1. The second kappa shape index (κ2) is 5.67. The molecule has 0 saturated heterocycles. The molecule has 0 fully saturated rings. The lowest BCUT2D eigenvalue weighted by Gasteiger charge is -2.13. The minimum absolute atomic E-state index is 0.359. The molecule has 2 heteroatoms. The molecule has 0 N–H and O–H groups in total. The number of alkyl halides is 1. The van der Waals surface area contributed by atoms with Crippen LogP contribution >= 0.6 is 11.6 Å². The Morgan fingerprint density at radius 3 is 3.19 bits per heavy atom. The third-order valence-electron chi connectivity index (χ3n) is 3.51. The average molecular weight is 238 g/mol. The summed E-state index contributed by atoms with van der Waals surface area (Å²) in [4.78, 5) is 4.52. The van der Waals surface area contributed by atoms with Gasteiger partial charge >= 0.3 is 0 Å². The monoisotopic (exact) mass is 237 g/mol. The SMILES string of the molecule is CCCC(Cl)CCC1CCc2cccnc21. The first-order chi connectivity index (χ1) is 7.81. The molecule has 2 rings (SSSR count). The van der Waals surface area contributed by atoms with Crippen LogP contribution in [0.5, 0.6) is 0 Å². The summed E-state index contributed by atoms with van der Waals surface area (Å²) in [6.07, 6.45) is 9.06. The molecule has 0 bridgehead atoms. The Balaban J connectivity index is 1.88. The van der Waals surface area contributed by atoms with E-state index < -0.39 is 0 Å². The van der Waals surface area contributed by atoms with Gasteiger partial charge in [-0.1, -0.05) is 19.4 Å². The summed E-state index contributed by atoms with van der Waals surface area (Å²) in [7, 11) is 0. The molecule has 0 aromatic carbocycles. The van der Waals surface area contributed by atoms with E-state index in [2.05, 4.69) is 18.0 Å². The molecular weight excluding hydrogens is 218 g/mol. The molecule has 1 aromatic heterocycles. The number of fused-ring (bicyclic) bond motifs is 1. The van der Waals surface area contributed by atoms with Crippen molar-refractivity contribution in [3.8, 4) is 0 Å². The maximum absolute atomic E-state index is 6.27. The van der Waals surface area contributed by atoms with Gasteiger partial charge in [0, 0.05) is 23.2 Å². The van der Waals surface area contributed by atoms with Crippen molar-refractivity contribution >= 4 is 11.6 Å². The fourth-order valence-corrected chi connectivity index (χ4v) is 2.96. The number of halogens is 1. The number of rotatable bonds is 5.